The van der Waals surface area contributed by atoms with Gasteiger partial charge in [-0.2, -0.15) is 5.10 Å². The quantitative estimate of drug-likeness (QED) is 0.785. The van der Waals surface area contributed by atoms with Gasteiger partial charge in [0.25, 0.3) is 5.56 Å². The van der Waals surface area contributed by atoms with Crippen molar-refractivity contribution in [1.29, 1.82) is 0 Å². The number of likely N-dealkylation sites (tertiary alicyclic amines) is 2. The van der Waals surface area contributed by atoms with Crippen molar-refractivity contribution in [1.82, 2.24) is 19.6 Å². The summed E-state index contributed by atoms with van der Waals surface area (Å²) >= 11 is 0. The van der Waals surface area contributed by atoms with Crippen LogP contribution in [0.15, 0.2) is 16.9 Å². The standard InChI is InChI=1S/C20H28N4O3/c1-13-8-9-18(26)23(21-13)12-19(27)24-15-10-20(3)16(22(11-15)14(2)25)6-4-5-7-17(20)24/h8-9,15-17H,4-7,10-12H2,1-3H3/t15-,16+,17-,20+/m0/s1. The van der Waals surface area contributed by atoms with E-state index in [2.05, 4.69) is 12.0 Å². The Labute approximate surface area is 159 Å². The fraction of sp³-hybridized carbons (Fsp3) is 0.700. The number of amides is 2. The first kappa shape index (κ1) is 18.2. The van der Waals surface area contributed by atoms with Crippen molar-refractivity contribution in [3.05, 3.63) is 28.2 Å². The molecule has 1 aromatic heterocycles. The summed E-state index contributed by atoms with van der Waals surface area (Å²) in [4.78, 5) is 41.7. The first-order valence-corrected chi connectivity index (χ1v) is 9.94. The second-order valence-electron chi connectivity index (χ2n) is 8.62. The molecule has 3 aliphatic rings. The van der Waals surface area contributed by atoms with Crippen molar-refractivity contribution < 1.29 is 9.59 Å². The number of aryl methyl sites for hydroxylation is 1. The fourth-order valence-corrected chi connectivity index (χ4v) is 5.76. The second-order valence-corrected chi connectivity index (χ2v) is 8.62. The smallest absolute Gasteiger partial charge is 0.267 e. The predicted molar refractivity (Wildman–Crippen MR) is 100 cm³/mol. The molecule has 3 fully saturated rings. The van der Waals surface area contributed by atoms with E-state index in [0.717, 1.165) is 32.1 Å². The van der Waals surface area contributed by atoms with Gasteiger partial charge in [0, 0.05) is 37.0 Å². The molecule has 0 unspecified atom stereocenters. The summed E-state index contributed by atoms with van der Waals surface area (Å²) in [6.45, 7) is 6.27. The molecule has 0 N–H and O–H groups in total. The van der Waals surface area contributed by atoms with Crippen LogP contribution in [0.2, 0.25) is 0 Å². The van der Waals surface area contributed by atoms with E-state index < -0.39 is 0 Å². The highest BCUT2D eigenvalue weighted by atomic mass is 16.2. The molecule has 2 saturated heterocycles. The van der Waals surface area contributed by atoms with Crippen LogP contribution in [0.25, 0.3) is 0 Å². The minimum absolute atomic E-state index is 0.0334. The lowest BCUT2D eigenvalue weighted by Gasteiger charge is -2.46. The molecule has 27 heavy (non-hydrogen) atoms. The molecule has 4 atom stereocenters. The van der Waals surface area contributed by atoms with Gasteiger partial charge < -0.3 is 9.80 Å². The van der Waals surface area contributed by atoms with Gasteiger partial charge in [-0.05, 0) is 32.3 Å². The zero-order chi connectivity index (χ0) is 19.3. The number of hydrogen-bond donors (Lipinski definition) is 0. The number of nitrogens with zero attached hydrogens (tertiary/aromatic N) is 4. The Morgan fingerprint density at radius 3 is 2.63 bits per heavy atom. The Kier molecular flexibility index (Phi) is 4.35. The average Bonchev–Trinajstić information content (AvgIpc) is 2.72. The fourth-order valence-electron chi connectivity index (χ4n) is 5.76. The molecule has 3 heterocycles. The lowest BCUT2D eigenvalue weighted by atomic mass is 9.71. The van der Waals surface area contributed by atoms with Gasteiger partial charge >= 0.3 is 0 Å². The molecule has 1 saturated carbocycles. The van der Waals surface area contributed by atoms with E-state index in [-0.39, 0.29) is 47.5 Å². The Morgan fingerprint density at radius 2 is 1.93 bits per heavy atom. The first-order valence-electron chi connectivity index (χ1n) is 9.94. The molecular formula is C20H28N4O3. The van der Waals surface area contributed by atoms with Crippen LogP contribution in [0, 0.1) is 12.3 Å². The van der Waals surface area contributed by atoms with Gasteiger partial charge in [-0.3, -0.25) is 14.4 Å². The third-order valence-electron chi connectivity index (χ3n) is 6.89. The monoisotopic (exact) mass is 372 g/mol. The number of piperidine rings is 1. The Hall–Kier alpha value is -2.18. The van der Waals surface area contributed by atoms with Crippen LogP contribution in [0.1, 0.15) is 51.6 Å². The minimum atomic E-state index is -0.258. The zero-order valence-electron chi connectivity index (χ0n) is 16.4. The normalized spacial score (nSPS) is 32.3. The van der Waals surface area contributed by atoms with Crippen LogP contribution in [0.3, 0.4) is 0 Å². The highest BCUT2D eigenvalue weighted by Crippen LogP contribution is 2.53. The highest BCUT2D eigenvalue weighted by Gasteiger charge is 2.60. The summed E-state index contributed by atoms with van der Waals surface area (Å²) in [5.74, 6) is 0.0439. The number of carbonyl (C=O) groups is 2. The van der Waals surface area contributed by atoms with Crippen molar-refractivity contribution >= 4 is 11.8 Å². The first-order chi connectivity index (χ1) is 12.8. The molecule has 7 nitrogen and oxygen atoms in total. The van der Waals surface area contributed by atoms with Gasteiger partial charge in [-0.1, -0.05) is 19.8 Å². The molecule has 0 spiro atoms. The van der Waals surface area contributed by atoms with Crippen LogP contribution in [0.5, 0.6) is 0 Å². The Balaban J connectivity index is 1.67. The summed E-state index contributed by atoms with van der Waals surface area (Å²) in [5.41, 5.74) is 0.393. The van der Waals surface area contributed by atoms with E-state index >= 15 is 0 Å². The van der Waals surface area contributed by atoms with Crippen LogP contribution < -0.4 is 5.56 Å². The van der Waals surface area contributed by atoms with E-state index in [0.29, 0.717) is 12.2 Å². The van der Waals surface area contributed by atoms with Gasteiger partial charge in [-0.15, -0.1) is 0 Å². The van der Waals surface area contributed by atoms with Gasteiger partial charge in [0.2, 0.25) is 11.8 Å². The van der Waals surface area contributed by atoms with Crippen LogP contribution >= 0.6 is 0 Å². The molecule has 146 valence electrons. The molecule has 1 aromatic rings. The molecule has 0 radical (unpaired) electrons. The van der Waals surface area contributed by atoms with E-state index in [4.69, 9.17) is 0 Å². The number of hydrogen-bond acceptors (Lipinski definition) is 4. The topological polar surface area (TPSA) is 75.5 Å². The van der Waals surface area contributed by atoms with Gasteiger partial charge in [0.15, 0.2) is 0 Å². The van der Waals surface area contributed by atoms with Crippen molar-refractivity contribution in [2.45, 2.75) is 77.5 Å². The van der Waals surface area contributed by atoms with E-state index in [1.54, 1.807) is 13.0 Å². The largest absolute Gasteiger partial charge is 0.337 e. The summed E-state index contributed by atoms with van der Waals surface area (Å²) in [6.07, 6.45) is 5.08. The molecule has 0 aromatic carbocycles. The maximum atomic E-state index is 13.3. The molecular weight excluding hydrogens is 344 g/mol. The highest BCUT2D eigenvalue weighted by molar-refractivity contribution is 5.78. The summed E-state index contributed by atoms with van der Waals surface area (Å²) < 4.78 is 1.26. The molecule has 2 aliphatic heterocycles. The Morgan fingerprint density at radius 1 is 1.22 bits per heavy atom. The maximum Gasteiger partial charge on any atom is 0.267 e. The van der Waals surface area contributed by atoms with Crippen LogP contribution in [-0.2, 0) is 16.1 Å². The van der Waals surface area contributed by atoms with Crippen LogP contribution in [-0.4, -0.2) is 56.1 Å². The van der Waals surface area contributed by atoms with Gasteiger partial charge in [0.05, 0.1) is 11.7 Å². The van der Waals surface area contributed by atoms with Crippen molar-refractivity contribution in [3.63, 3.8) is 0 Å². The third kappa shape index (κ3) is 2.87. The predicted octanol–water partition coefficient (Wildman–Crippen LogP) is 1.33. The summed E-state index contributed by atoms with van der Waals surface area (Å²) in [6, 6.07) is 3.49. The third-order valence-corrected chi connectivity index (χ3v) is 6.89. The van der Waals surface area contributed by atoms with E-state index in [1.165, 1.54) is 10.7 Å². The number of fused-ring (bicyclic) bond motifs is 1. The zero-order valence-corrected chi connectivity index (χ0v) is 16.4. The molecule has 1 aliphatic carbocycles. The van der Waals surface area contributed by atoms with Crippen LogP contribution in [0.4, 0.5) is 0 Å². The lowest BCUT2D eigenvalue weighted by Crippen LogP contribution is -2.55. The SMILES string of the molecule is CC(=O)N1C[C@@H]2C[C@@]3(C)[C@H](CCCC[C@@H]13)N2C(=O)Cn1nc(C)ccc1=O. The molecule has 2 bridgehead atoms. The molecule has 4 rings (SSSR count). The summed E-state index contributed by atoms with van der Waals surface area (Å²) in [7, 11) is 0. The van der Waals surface area contributed by atoms with Crippen molar-refractivity contribution in [2.75, 3.05) is 6.54 Å². The van der Waals surface area contributed by atoms with Gasteiger partial charge in [0.1, 0.15) is 6.54 Å². The van der Waals surface area contributed by atoms with E-state index in [1.807, 2.05) is 16.7 Å². The average molecular weight is 372 g/mol. The van der Waals surface area contributed by atoms with E-state index in [9.17, 15) is 14.4 Å². The molecule has 7 heteroatoms. The van der Waals surface area contributed by atoms with Crippen molar-refractivity contribution in [3.8, 4) is 0 Å². The Bertz CT molecular complexity index is 835. The van der Waals surface area contributed by atoms with Gasteiger partial charge in [-0.25, -0.2) is 4.68 Å². The maximum absolute atomic E-state index is 13.3. The number of aromatic nitrogens is 2. The summed E-state index contributed by atoms with van der Waals surface area (Å²) in [5, 5.41) is 4.22. The minimum Gasteiger partial charge on any atom is -0.337 e. The molecule has 2 amide bonds. The number of rotatable bonds is 2. The van der Waals surface area contributed by atoms with Crippen molar-refractivity contribution in [2.24, 2.45) is 5.41 Å². The number of carbonyl (C=O) groups excluding carboxylic acids is 2. The lowest BCUT2D eigenvalue weighted by molar-refractivity contribution is -0.138. The second kappa shape index (κ2) is 6.46.